The third-order valence-electron chi connectivity index (χ3n) is 5.97. The second-order valence-electron chi connectivity index (χ2n) is 8.07. The molecule has 32 heavy (non-hydrogen) atoms. The minimum Gasteiger partial charge on any atom is -0.332 e. The van der Waals surface area contributed by atoms with Crippen molar-refractivity contribution in [1.29, 1.82) is 0 Å². The number of amides is 1. The van der Waals surface area contributed by atoms with E-state index in [4.69, 9.17) is 11.6 Å². The van der Waals surface area contributed by atoms with Crippen LogP contribution in [0.4, 0.5) is 8.78 Å². The van der Waals surface area contributed by atoms with Gasteiger partial charge in [-0.25, -0.2) is 17.2 Å². The maximum Gasteiger partial charge on any atom is 0.222 e. The number of benzene rings is 2. The highest BCUT2D eigenvalue weighted by atomic mass is 35.5. The number of hydrogen-bond donors (Lipinski definition) is 1. The second-order valence-corrected chi connectivity index (χ2v) is 10.8. The van der Waals surface area contributed by atoms with Gasteiger partial charge in [-0.05, 0) is 86.2 Å². The lowest BCUT2D eigenvalue weighted by Crippen LogP contribution is -2.41. The van der Waals surface area contributed by atoms with Crippen LogP contribution in [0.5, 0.6) is 0 Å². The van der Waals surface area contributed by atoms with E-state index < -0.39 is 32.4 Å². The first-order valence-corrected chi connectivity index (χ1v) is 12.0. The smallest absolute Gasteiger partial charge is 0.222 e. The van der Waals surface area contributed by atoms with E-state index in [1.165, 1.54) is 31.2 Å². The SMILES string of the molecule is CC(N=O)NC(=O)CC1CCC(c2cc(F)ccc2F)(S(=O)(=O)c2ccc(Cl)cc2)CC1. The second kappa shape index (κ2) is 9.62. The Bertz CT molecular complexity index is 1100. The van der Waals surface area contributed by atoms with E-state index in [1.54, 1.807) is 0 Å². The van der Waals surface area contributed by atoms with Crippen LogP contribution in [0.1, 0.15) is 44.6 Å². The van der Waals surface area contributed by atoms with Crippen LogP contribution in [-0.2, 0) is 19.4 Å². The zero-order chi connectivity index (χ0) is 23.5. The number of halogens is 3. The van der Waals surface area contributed by atoms with Crippen molar-refractivity contribution in [2.75, 3.05) is 0 Å². The minimum absolute atomic E-state index is 0.0117. The van der Waals surface area contributed by atoms with Crippen molar-refractivity contribution >= 4 is 27.3 Å². The van der Waals surface area contributed by atoms with E-state index in [1.807, 2.05) is 0 Å². The van der Waals surface area contributed by atoms with E-state index in [2.05, 4.69) is 10.5 Å². The molecule has 1 aliphatic rings. The van der Waals surface area contributed by atoms with Crippen LogP contribution >= 0.6 is 11.6 Å². The van der Waals surface area contributed by atoms with Gasteiger partial charge in [-0.2, -0.15) is 0 Å². The van der Waals surface area contributed by atoms with Gasteiger partial charge in [0.2, 0.25) is 5.91 Å². The van der Waals surface area contributed by atoms with Gasteiger partial charge in [-0.3, -0.25) is 4.79 Å². The zero-order valence-electron chi connectivity index (χ0n) is 17.4. The molecule has 0 spiro atoms. The number of carbonyl (C=O) groups excluding carboxylic acids is 1. The Labute approximate surface area is 190 Å². The highest BCUT2D eigenvalue weighted by Gasteiger charge is 2.50. The normalized spacial score (nSPS) is 22.2. The van der Waals surface area contributed by atoms with Crippen molar-refractivity contribution in [2.45, 2.75) is 54.8 Å². The fourth-order valence-corrected chi connectivity index (χ4v) is 6.59. The first kappa shape index (κ1) is 24.3. The summed E-state index contributed by atoms with van der Waals surface area (Å²) in [6.07, 6.45) is -0.145. The topological polar surface area (TPSA) is 92.7 Å². The van der Waals surface area contributed by atoms with Crippen LogP contribution < -0.4 is 5.32 Å². The lowest BCUT2D eigenvalue weighted by atomic mass is 9.76. The maximum atomic E-state index is 14.8. The Balaban J connectivity index is 1.96. The van der Waals surface area contributed by atoms with Gasteiger partial charge in [0, 0.05) is 17.0 Å². The van der Waals surface area contributed by atoms with E-state index >= 15 is 0 Å². The molecule has 0 aromatic heterocycles. The van der Waals surface area contributed by atoms with E-state index in [0.717, 1.165) is 18.2 Å². The van der Waals surface area contributed by atoms with Crippen molar-refractivity contribution in [1.82, 2.24) is 5.32 Å². The van der Waals surface area contributed by atoms with Crippen LogP contribution in [0.2, 0.25) is 5.02 Å². The molecular formula is C22H23ClF2N2O4S. The molecule has 1 fully saturated rings. The van der Waals surface area contributed by atoms with E-state index in [0.29, 0.717) is 17.9 Å². The van der Waals surface area contributed by atoms with Crippen LogP contribution in [0.15, 0.2) is 52.5 Å². The average Bonchev–Trinajstić information content (AvgIpc) is 2.76. The van der Waals surface area contributed by atoms with Gasteiger partial charge < -0.3 is 5.32 Å². The number of carbonyl (C=O) groups is 1. The zero-order valence-corrected chi connectivity index (χ0v) is 18.9. The van der Waals surface area contributed by atoms with Crippen molar-refractivity contribution in [2.24, 2.45) is 11.1 Å². The van der Waals surface area contributed by atoms with E-state index in [9.17, 15) is 26.9 Å². The Morgan fingerprint density at radius 2 is 1.81 bits per heavy atom. The highest BCUT2D eigenvalue weighted by Crippen LogP contribution is 2.49. The molecule has 1 unspecified atom stereocenters. The summed E-state index contributed by atoms with van der Waals surface area (Å²) in [6.45, 7) is 1.45. The predicted molar refractivity (Wildman–Crippen MR) is 117 cm³/mol. The van der Waals surface area contributed by atoms with Crippen molar-refractivity contribution in [3.63, 3.8) is 0 Å². The summed E-state index contributed by atoms with van der Waals surface area (Å²) in [7, 11) is -4.13. The van der Waals surface area contributed by atoms with Crippen molar-refractivity contribution < 1.29 is 22.0 Å². The molecule has 6 nitrogen and oxygen atoms in total. The Kier molecular flexibility index (Phi) is 7.29. The van der Waals surface area contributed by atoms with Gasteiger partial charge >= 0.3 is 0 Å². The van der Waals surface area contributed by atoms with Gasteiger partial charge in [0.25, 0.3) is 0 Å². The first-order chi connectivity index (χ1) is 15.1. The lowest BCUT2D eigenvalue weighted by molar-refractivity contribution is -0.122. The van der Waals surface area contributed by atoms with Gasteiger partial charge in [0.05, 0.1) is 4.90 Å². The molecule has 1 saturated carbocycles. The summed E-state index contributed by atoms with van der Waals surface area (Å²) in [5, 5.41) is 5.53. The molecule has 172 valence electrons. The molecule has 0 bridgehead atoms. The summed E-state index contributed by atoms with van der Waals surface area (Å²) in [5.41, 5.74) is -0.214. The summed E-state index contributed by atoms with van der Waals surface area (Å²) in [4.78, 5) is 22.6. The van der Waals surface area contributed by atoms with Crippen LogP contribution in [0.25, 0.3) is 0 Å². The van der Waals surface area contributed by atoms with Gasteiger partial charge in [0.1, 0.15) is 16.4 Å². The Hall–Kier alpha value is -2.39. The standard InChI is InChI=1S/C22H23ClF2N2O4S/c1-14(27-29)26-21(28)12-15-8-10-22(11-9-15,19-13-17(24)4-7-20(19)25)32(30,31)18-5-2-16(23)3-6-18/h2-7,13-15H,8-12H2,1H3,(H,26,28). The molecule has 1 aliphatic carbocycles. The molecule has 10 heteroatoms. The summed E-state index contributed by atoms with van der Waals surface area (Å²) in [5.74, 6) is -2.07. The molecule has 2 aromatic carbocycles. The number of nitroso groups, excluding NO2 is 1. The third kappa shape index (κ3) is 4.83. The number of sulfone groups is 1. The molecular weight excluding hydrogens is 462 g/mol. The Morgan fingerprint density at radius 3 is 2.41 bits per heavy atom. The summed E-state index contributed by atoms with van der Waals surface area (Å²) in [6, 6.07) is 8.38. The molecule has 1 N–H and O–H groups in total. The summed E-state index contributed by atoms with van der Waals surface area (Å²) < 4.78 is 54.7. The van der Waals surface area contributed by atoms with Gasteiger partial charge in [0.15, 0.2) is 16.0 Å². The number of rotatable bonds is 7. The lowest BCUT2D eigenvalue weighted by Gasteiger charge is -2.40. The largest absolute Gasteiger partial charge is 0.332 e. The highest BCUT2D eigenvalue weighted by molar-refractivity contribution is 7.92. The third-order valence-corrected chi connectivity index (χ3v) is 8.77. The first-order valence-electron chi connectivity index (χ1n) is 10.2. The van der Waals surface area contributed by atoms with E-state index in [-0.39, 0.29) is 41.5 Å². The molecule has 1 atom stereocenters. The average molecular weight is 485 g/mol. The Morgan fingerprint density at radius 1 is 1.19 bits per heavy atom. The molecule has 0 saturated heterocycles. The molecule has 1 amide bonds. The molecule has 2 aromatic rings. The van der Waals surface area contributed by atoms with Crippen LogP contribution in [0, 0.1) is 22.5 Å². The van der Waals surface area contributed by atoms with Gasteiger partial charge in [-0.1, -0.05) is 11.6 Å². The van der Waals surface area contributed by atoms with Crippen LogP contribution in [0.3, 0.4) is 0 Å². The number of nitrogens with one attached hydrogen (secondary N) is 1. The molecule has 3 rings (SSSR count). The van der Waals surface area contributed by atoms with Crippen molar-refractivity contribution in [3.8, 4) is 0 Å². The summed E-state index contributed by atoms with van der Waals surface area (Å²) >= 11 is 5.89. The number of nitrogens with zero attached hydrogens (tertiary/aromatic N) is 1. The fourth-order valence-electron chi connectivity index (χ4n) is 4.30. The molecule has 0 aliphatic heterocycles. The predicted octanol–water partition coefficient (Wildman–Crippen LogP) is 5.10. The maximum absolute atomic E-state index is 14.8. The van der Waals surface area contributed by atoms with Crippen LogP contribution in [-0.4, -0.2) is 20.5 Å². The fraction of sp³-hybridized carbons (Fsp3) is 0.409. The minimum atomic E-state index is -4.13. The van der Waals surface area contributed by atoms with Gasteiger partial charge in [-0.15, -0.1) is 4.91 Å². The molecule has 0 heterocycles. The molecule has 0 radical (unpaired) electrons. The quantitative estimate of drug-likeness (QED) is 0.553. The van der Waals surface area contributed by atoms with Crippen molar-refractivity contribution in [3.05, 3.63) is 69.6 Å². The monoisotopic (exact) mass is 484 g/mol. The number of hydrogen-bond acceptors (Lipinski definition) is 5.